The molecule has 1 aliphatic heterocycles. The van der Waals surface area contributed by atoms with Gasteiger partial charge in [0.1, 0.15) is 11.5 Å². The number of hydrogen-bond acceptors (Lipinski definition) is 6. The summed E-state index contributed by atoms with van der Waals surface area (Å²) in [6, 6.07) is 8.14. The molecule has 0 bridgehead atoms. The van der Waals surface area contributed by atoms with Crippen LogP contribution in [0.5, 0.6) is 0 Å². The van der Waals surface area contributed by atoms with Crippen LogP contribution in [0.3, 0.4) is 0 Å². The molecule has 146 valence electrons. The molecule has 2 heterocycles. The predicted molar refractivity (Wildman–Crippen MR) is 103 cm³/mol. The van der Waals surface area contributed by atoms with Gasteiger partial charge in [0.15, 0.2) is 9.84 Å². The van der Waals surface area contributed by atoms with E-state index in [4.69, 9.17) is 4.52 Å². The highest BCUT2D eigenvalue weighted by molar-refractivity contribution is 7.91. The van der Waals surface area contributed by atoms with E-state index in [9.17, 15) is 13.2 Å². The Kier molecular flexibility index (Phi) is 5.55. The number of amides is 1. The number of rotatable bonds is 5. The van der Waals surface area contributed by atoms with Gasteiger partial charge in [0.05, 0.1) is 11.4 Å². The summed E-state index contributed by atoms with van der Waals surface area (Å²) in [5.41, 5.74) is 3.46. The van der Waals surface area contributed by atoms with Gasteiger partial charge in [-0.05, 0) is 32.4 Å². The first-order chi connectivity index (χ1) is 12.8. The Bertz CT molecular complexity index is 909. The summed E-state index contributed by atoms with van der Waals surface area (Å²) in [7, 11) is -3.58. The highest BCUT2D eigenvalue weighted by Crippen LogP contribution is 2.21. The van der Waals surface area contributed by atoms with Crippen LogP contribution in [0.4, 0.5) is 5.69 Å². The Morgan fingerprint density at radius 2 is 1.78 bits per heavy atom. The van der Waals surface area contributed by atoms with Crippen LogP contribution in [-0.2, 0) is 20.4 Å². The number of hydrogen-bond donors (Lipinski definition) is 0. The minimum absolute atomic E-state index is 0.219. The molecule has 0 radical (unpaired) electrons. The van der Waals surface area contributed by atoms with E-state index in [-0.39, 0.29) is 11.7 Å². The summed E-state index contributed by atoms with van der Waals surface area (Å²) in [4.78, 5) is 16.4. The lowest BCUT2D eigenvalue weighted by molar-refractivity contribution is -0.128. The molecule has 1 saturated heterocycles. The van der Waals surface area contributed by atoms with Crippen molar-refractivity contribution in [2.75, 3.05) is 36.8 Å². The summed E-state index contributed by atoms with van der Waals surface area (Å²) >= 11 is 0. The molecule has 0 spiro atoms. The topological polar surface area (TPSA) is 83.7 Å². The van der Waals surface area contributed by atoms with E-state index >= 15 is 0 Å². The van der Waals surface area contributed by atoms with Crippen LogP contribution >= 0.6 is 0 Å². The molecule has 1 aromatic carbocycles. The fourth-order valence-corrected chi connectivity index (χ4v) is 4.89. The lowest BCUT2D eigenvalue weighted by atomic mass is 10.1. The second-order valence-electron chi connectivity index (χ2n) is 6.99. The van der Waals surface area contributed by atoms with E-state index < -0.39 is 15.6 Å². The van der Waals surface area contributed by atoms with Gasteiger partial charge in [0.2, 0.25) is 5.91 Å². The van der Waals surface area contributed by atoms with Gasteiger partial charge in [-0.1, -0.05) is 23.4 Å². The van der Waals surface area contributed by atoms with Gasteiger partial charge in [0, 0.05) is 37.4 Å². The van der Waals surface area contributed by atoms with Crippen LogP contribution < -0.4 is 4.90 Å². The monoisotopic (exact) mass is 391 g/mol. The number of sulfone groups is 1. The first-order valence-electron chi connectivity index (χ1n) is 8.97. The molecule has 8 heteroatoms. The lowest BCUT2D eigenvalue weighted by Crippen LogP contribution is -2.50. The number of piperazine rings is 1. The van der Waals surface area contributed by atoms with Gasteiger partial charge in [-0.2, -0.15) is 0 Å². The Morgan fingerprint density at radius 3 is 2.37 bits per heavy atom. The Labute approximate surface area is 159 Å². The van der Waals surface area contributed by atoms with E-state index in [0.29, 0.717) is 43.2 Å². The van der Waals surface area contributed by atoms with E-state index in [0.717, 1.165) is 5.69 Å². The highest BCUT2D eigenvalue weighted by atomic mass is 32.2. The van der Waals surface area contributed by atoms with Crippen molar-refractivity contribution in [1.82, 2.24) is 10.1 Å². The molecule has 0 N–H and O–H groups in total. The number of nitrogens with zero attached hydrogens (tertiary/aromatic N) is 3. The molecule has 0 atom stereocenters. The van der Waals surface area contributed by atoms with Crippen molar-refractivity contribution in [2.45, 2.75) is 26.5 Å². The summed E-state index contributed by atoms with van der Waals surface area (Å²) in [5, 5.41) is 3.77. The molecule has 0 unspecified atom stereocenters. The van der Waals surface area contributed by atoms with E-state index in [2.05, 4.69) is 29.1 Å². The summed E-state index contributed by atoms with van der Waals surface area (Å²) in [6.45, 7) is 7.88. The zero-order valence-electron chi connectivity index (χ0n) is 15.9. The van der Waals surface area contributed by atoms with Crippen molar-refractivity contribution in [3.8, 4) is 0 Å². The number of aryl methyl sites for hydroxylation is 3. The van der Waals surface area contributed by atoms with Crippen LogP contribution in [0, 0.1) is 20.8 Å². The fourth-order valence-electron chi connectivity index (χ4n) is 3.37. The quantitative estimate of drug-likeness (QED) is 0.774. The number of benzene rings is 1. The number of carbonyl (C=O) groups is 1. The molecule has 3 rings (SSSR count). The van der Waals surface area contributed by atoms with Gasteiger partial charge >= 0.3 is 0 Å². The number of aromatic nitrogens is 1. The minimum Gasteiger partial charge on any atom is -0.368 e. The maximum atomic E-state index is 12.5. The number of carbonyl (C=O) groups excluding carboxylic acids is 1. The van der Waals surface area contributed by atoms with E-state index in [1.54, 1.807) is 18.7 Å². The maximum absolute atomic E-state index is 12.5. The summed E-state index contributed by atoms with van der Waals surface area (Å²) in [6.07, 6.45) is 0. The average Bonchev–Trinajstić information content (AvgIpc) is 2.93. The second-order valence-corrected chi connectivity index (χ2v) is 9.05. The fraction of sp³-hybridized carbons (Fsp3) is 0.474. The number of para-hydroxylation sites is 1. The van der Waals surface area contributed by atoms with Crippen LogP contribution in [0.15, 0.2) is 28.8 Å². The van der Waals surface area contributed by atoms with Crippen molar-refractivity contribution in [3.63, 3.8) is 0 Å². The normalized spacial score (nSPS) is 15.2. The summed E-state index contributed by atoms with van der Waals surface area (Å²) < 4.78 is 29.9. The van der Waals surface area contributed by atoms with Crippen LogP contribution in [0.1, 0.15) is 22.6 Å². The van der Waals surface area contributed by atoms with Crippen LogP contribution in [-0.4, -0.2) is 56.3 Å². The molecular weight excluding hydrogens is 366 g/mol. The maximum Gasteiger partial charge on any atom is 0.237 e. The van der Waals surface area contributed by atoms with Gasteiger partial charge in [-0.15, -0.1) is 0 Å². The predicted octanol–water partition coefficient (Wildman–Crippen LogP) is 1.86. The zero-order valence-corrected chi connectivity index (χ0v) is 16.8. The van der Waals surface area contributed by atoms with Crippen molar-refractivity contribution >= 4 is 21.4 Å². The molecule has 0 saturated carbocycles. The first kappa shape index (κ1) is 19.4. The number of anilines is 1. The van der Waals surface area contributed by atoms with Crippen molar-refractivity contribution in [1.29, 1.82) is 0 Å². The van der Waals surface area contributed by atoms with Gasteiger partial charge in [0.25, 0.3) is 0 Å². The Morgan fingerprint density at radius 1 is 1.11 bits per heavy atom. The van der Waals surface area contributed by atoms with Crippen molar-refractivity contribution in [3.05, 3.63) is 46.8 Å². The largest absolute Gasteiger partial charge is 0.368 e. The minimum atomic E-state index is -3.58. The first-order valence-corrected chi connectivity index (χ1v) is 10.8. The SMILES string of the molecule is Cc1ccccc1N1CCN(C(=O)CS(=O)(=O)Cc2c(C)noc2C)CC1. The molecular formula is C19H25N3O4S. The van der Waals surface area contributed by atoms with Gasteiger partial charge in [-0.25, -0.2) is 8.42 Å². The second kappa shape index (κ2) is 7.72. The Hall–Kier alpha value is -2.35. The van der Waals surface area contributed by atoms with Crippen molar-refractivity contribution < 1.29 is 17.7 Å². The molecule has 7 nitrogen and oxygen atoms in total. The van der Waals surface area contributed by atoms with Crippen LogP contribution in [0.2, 0.25) is 0 Å². The van der Waals surface area contributed by atoms with Gasteiger partial charge in [-0.3, -0.25) is 4.79 Å². The van der Waals surface area contributed by atoms with E-state index in [1.807, 2.05) is 12.1 Å². The Balaban J connectivity index is 1.58. The molecule has 27 heavy (non-hydrogen) atoms. The molecule has 1 aliphatic rings. The van der Waals surface area contributed by atoms with Crippen molar-refractivity contribution in [2.24, 2.45) is 0 Å². The third kappa shape index (κ3) is 4.50. The molecule has 0 aliphatic carbocycles. The van der Waals surface area contributed by atoms with E-state index in [1.165, 1.54) is 5.56 Å². The standard InChI is InChI=1S/C19H25N3O4S/c1-14-6-4-5-7-18(14)21-8-10-22(11-9-21)19(23)13-27(24,25)12-17-15(2)20-26-16(17)3/h4-7H,8-13H2,1-3H3. The third-order valence-corrected chi connectivity index (χ3v) is 6.39. The lowest BCUT2D eigenvalue weighted by Gasteiger charge is -2.36. The van der Waals surface area contributed by atoms with Crippen LogP contribution in [0.25, 0.3) is 0 Å². The zero-order chi connectivity index (χ0) is 19.6. The third-order valence-electron chi connectivity index (χ3n) is 4.98. The smallest absolute Gasteiger partial charge is 0.237 e. The molecule has 1 aromatic heterocycles. The summed E-state index contributed by atoms with van der Waals surface area (Å²) in [5.74, 6) is -0.564. The molecule has 2 aromatic rings. The highest BCUT2D eigenvalue weighted by Gasteiger charge is 2.27. The molecule has 1 amide bonds. The van der Waals surface area contributed by atoms with Gasteiger partial charge < -0.3 is 14.3 Å². The molecule has 1 fully saturated rings. The average molecular weight is 391 g/mol.